The standard InChI is InChI=1S/C27H29FN4O/c1-2-32-14-4-3-5-24(32)18-8-6-17(7-9-18)22-16-23(26(29)31-25(22)28)19-10-11-21-20(15-19)12-13-30-27(21)33/h6-11,15-16,24H,2-5,12-14H2,1H3,(H2,29,31)(H,30,33). The highest BCUT2D eigenvalue weighted by Gasteiger charge is 2.23. The molecule has 33 heavy (non-hydrogen) atoms. The number of anilines is 1. The summed E-state index contributed by atoms with van der Waals surface area (Å²) in [7, 11) is 0. The minimum absolute atomic E-state index is 0.0617. The molecule has 3 N–H and O–H groups in total. The average molecular weight is 445 g/mol. The third-order valence-corrected chi connectivity index (χ3v) is 6.97. The number of nitrogen functional groups attached to an aromatic ring is 1. The number of rotatable bonds is 4. The lowest BCUT2D eigenvalue weighted by molar-refractivity contribution is 0.0946. The monoisotopic (exact) mass is 444 g/mol. The third kappa shape index (κ3) is 4.11. The van der Waals surface area contributed by atoms with Gasteiger partial charge in [-0.3, -0.25) is 9.69 Å². The number of benzene rings is 2. The van der Waals surface area contributed by atoms with Crippen LogP contribution in [0, 0.1) is 5.95 Å². The number of aromatic nitrogens is 1. The summed E-state index contributed by atoms with van der Waals surface area (Å²) < 4.78 is 14.9. The highest BCUT2D eigenvalue weighted by atomic mass is 19.1. The van der Waals surface area contributed by atoms with Crippen LogP contribution in [-0.2, 0) is 6.42 Å². The van der Waals surface area contributed by atoms with Gasteiger partial charge in [-0.25, -0.2) is 4.98 Å². The van der Waals surface area contributed by atoms with Crippen molar-refractivity contribution in [2.24, 2.45) is 0 Å². The topological polar surface area (TPSA) is 71.2 Å². The van der Waals surface area contributed by atoms with E-state index in [1.165, 1.54) is 18.4 Å². The van der Waals surface area contributed by atoms with Crippen LogP contribution in [-0.4, -0.2) is 35.4 Å². The first-order chi connectivity index (χ1) is 16.0. The molecule has 1 amide bonds. The smallest absolute Gasteiger partial charge is 0.251 e. The molecule has 1 atom stereocenters. The number of halogens is 1. The average Bonchev–Trinajstić information content (AvgIpc) is 2.84. The van der Waals surface area contributed by atoms with Crippen LogP contribution in [0.3, 0.4) is 0 Å². The number of hydrogen-bond donors (Lipinski definition) is 2. The van der Waals surface area contributed by atoms with E-state index < -0.39 is 5.95 Å². The van der Waals surface area contributed by atoms with Gasteiger partial charge in [0.25, 0.3) is 5.91 Å². The third-order valence-electron chi connectivity index (χ3n) is 6.97. The predicted molar refractivity (Wildman–Crippen MR) is 129 cm³/mol. The molecular weight excluding hydrogens is 415 g/mol. The van der Waals surface area contributed by atoms with E-state index in [-0.39, 0.29) is 11.7 Å². The number of carbonyl (C=O) groups is 1. The SMILES string of the molecule is CCN1CCCCC1c1ccc(-c2cc(-c3ccc4c(c3)CCNC4=O)c(N)nc2F)cc1. The van der Waals surface area contributed by atoms with Crippen LogP contribution in [0.4, 0.5) is 10.2 Å². The predicted octanol–water partition coefficient (Wildman–Crippen LogP) is 4.97. The lowest BCUT2D eigenvalue weighted by Gasteiger charge is -2.35. The molecule has 2 aromatic carbocycles. The first kappa shape index (κ1) is 21.6. The molecule has 0 aliphatic carbocycles. The Morgan fingerprint density at radius 3 is 2.64 bits per heavy atom. The van der Waals surface area contributed by atoms with E-state index in [1.54, 1.807) is 12.1 Å². The van der Waals surface area contributed by atoms with Crippen molar-refractivity contribution in [1.82, 2.24) is 15.2 Å². The second-order valence-corrected chi connectivity index (χ2v) is 8.90. The number of likely N-dealkylation sites (tertiary alicyclic amines) is 1. The lowest BCUT2D eigenvalue weighted by Crippen LogP contribution is -2.33. The van der Waals surface area contributed by atoms with Crippen molar-refractivity contribution >= 4 is 11.7 Å². The van der Waals surface area contributed by atoms with Crippen molar-refractivity contribution < 1.29 is 9.18 Å². The number of fused-ring (bicyclic) bond motifs is 1. The van der Waals surface area contributed by atoms with Crippen molar-refractivity contribution in [2.75, 3.05) is 25.4 Å². The number of pyridine rings is 1. The van der Waals surface area contributed by atoms with Gasteiger partial charge in [-0.1, -0.05) is 49.7 Å². The fourth-order valence-electron chi connectivity index (χ4n) is 5.17. The number of carbonyl (C=O) groups excluding carboxylic acids is 1. The van der Waals surface area contributed by atoms with Crippen LogP contribution in [0.15, 0.2) is 48.5 Å². The van der Waals surface area contributed by atoms with Crippen molar-refractivity contribution in [3.8, 4) is 22.3 Å². The van der Waals surface area contributed by atoms with Gasteiger partial charge in [-0.05, 0) is 66.7 Å². The Morgan fingerprint density at radius 2 is 1.85 bits per heavy atom. The summed E-state index contributed by atoms with van der Waals surface area (Å²) in [4.78, 5) is 18.6. The Hall–Kier alpha value is -3.25. The van der Waals surface area contributed by atoms with Crippen LogP contribution in [0.25, 0.3) is 22.3 Å². The molecule has 1 unspecified atom stereocenters. The van der Waals surface area contributed by atoms with Gasteiger partial charge in [-0.2, -0.15) is 4.39 Å². The highest BCUT2D eigenvalue weighted by Crippen LogP contribution is 2.35. The number of nitrogens with zero attached hydrogens (tertiary/aromatic N) is 2. The maximum atomic E-state index is 14.9. The fraction of sp³-hybridized carbons (Fsp3) is 0.333. The molecule has 1 saturated heterocycles. The Morgan fingerprint density at radius 1 is 1.06 bits per heavy atom. The maximum absolute atomic E-state index is 14.9. The highest BCUT2D eigenvalue weighted by molar-refractivity contribution is 5.97. The van der Waals surface area contributed by atoms with E-state index in [4.69, 9.17) is 5.73 Å². The molecule has 0 radical (unpaired) electrons. The first-order valence-electron chi connectivity index (χ1n) is 11.8. The summed E-state index contributed by atoms with van der Waals surface area (Å²) in [5.74, 6) is -0.489. The molecule has 0 bridgehead atoms. The van der Waals surface area contributed by atoms with Crippen molar-refractivity contribution in [1.29, 1.82) is 0 Å². The largest absolute Gasteiger partial charge is 0.383 e. The van der Waals surface area contributed by atoms with Gasteiger partial charge in [0.2, 0.25) is 5.95 Å². The van der Waals surface area contributed by atoms with Gasteiger partial charge in [0.05, 0.1) is 0 Å². The Balaban J connectivity index is 1.49. The van der Waals surface area contributed by atoms with E-state index in [9.17, 15) is 9.18 Å². The van der Waals surface area contributed by atoms with Crippen LogP contribution in [0.5, 0.6) is 0 Å². The zero-order chi connectivity index (χ0) is 22.9. The molecule has 6 heteroatoms. The summed E-state index contributed by atoms with van der Waals surface area (Å²) in [5.41, 5.74) is 11.8. The molecule has 3 heterocycles. The lowest BCUT2D eigenvalue weighted by atomic mass is 9.92. The van der Waals surface area contributed by atoms with Gasteiger partial charge in [0.1, 0.15) is 5.82 Å². The zero-order valence-electron chi connectivity index (χ0n) is 18.9. The Kier molecular flexibility index (Phi) is 5.85. The molecule has 5 rings (SSSR count). The molecular formula is C27H29FN4O. The number of hydrogen-bond acceptors (Lipinski definition) is 4. The summed E-state index contributed by atoms with van der Waals surface area (Å²) in [6.45, 7) is 4.98. The minimum atomic E-state index is -0.575. The van der Waals surface area contributed by atoms with Gasteiger partial charge >= 0.3 is 0 Å². The van der Waals surface area contributed by atoms with Gasteiger partial charge < -0.3 is 11.1 Å². The molecule has 0 spiro atoms. The second kappa shape index (κ2) is 8.94. The van der Waals surface area contributed by atoms with Gasteiger partial charge in [0.15, 0.2) is 0 Å². The minimum Gasteiger partial charge on any atom is -0.383 e. The van der Waals surface area contributed by atoms with E-state index in [0.717, 1.165) is 42.6 Å². The van der Waals surface area contributed by atoms with Crippen LogP contribution in [0.2, 0.25) is 0 Å². The maximum Gasteiger partial charge on any atom is 0.251 e. The molecule has 2 aliphatic heterocycles. The summed E-state index contributed by atoms with van der Waals surface area (Å²) in [6, 6.07) is 16.0. The summed E-state index contributed by atoms with van der Waals surface area (Å²) in [5, 5.41) is 2.85. The number of piperidine rings is 1. The fourth-order valence-corrected chi connectivity index (χ4v) is 5.17. The van der Waals surface area contributed by atoms with Gasteiger partial charge in [0, 0.05) is 29.3 Å². The summed E-state index contributed by atoms with van der Waals surface area (Å²) >= 11 is 0. The van der Waals surface area contributed by atoms with Crippen LogP contribution in [0.1, 0.15) is 53.7 Å². The quantitative estimate of drug-likeness (QED) is 0.558. The van der Waals surface area contributed by atoms with Crippen molar-refractivity contribution in [2.45, 2.75) is 38.6 Å². The molecule has 5 nitrogen and oxygen atoms in total. The Bertz CT molecular complexity index is 1190. The molecule has 2 aliphatic rings. The zero-order valence-corrected chi connectivity index (χ0v) is 18.9. The van der Waals surface area contributed by atoms with Crippen molar-refractivity contribution in [3.63, 3.8) is 0 Å². The van der Waals surface area contributed by atoms with E-state index in [0.29, 0.717) is 29.3 Å². The number of nitrogens with two attached hydrogens (primary N) is 1. The molecule has 1 fully saturated rings. The van der Waals surface area contributed by atoms with E-state index in [1.807, 2.05) is 24.3 Å². The van der Waals surface area contributed by atoms with E-state index in [2.05, 4.69) is 34.3 Å². The van der Waals surface area contributed by atoms with Crippen LogP contribution < -0.4 is 11.1 Å². The summed E-state index contributed by atoms with van der Waals surface area (Å²) in [6.07, 6.45) is 4.41. The van der Waals surface area contributed by atoms with Crippen LogP contribution >= 0.6 is 0 Å². The molecule has 1 aromatic heterocycles. The van der Waals surface area contributed by atoms with Crippen molar-refractivity contribution in [3.05, 3.63) is 71.2 Å². The Labute approximate surface area is 193 Å². The second-order valence-electron chi connectivity index (χ2n) is 8.90. The van der Waals surface area contributed by atoms with Gasteiger partial charge in [-0.15, -0.1) is 0 Å². The molecule has 0 saturated carbocycles. The number of nitrogens with one attached hydrogen (secondary N) is 1. The molecule has 170 valence electrons. The number of amides is 1. The first-order valence-corrected chi connectivity index (χ1v) is 11.8. The molecule has 3 aromatic rings. The normalized spacial score (nSPS) is 18.6. The van der Waals surface area contributed by atoms with E-state index >= 15 is 0 Å².